The van der Waals surface area contributed by atoms with E-state index >= 15 is 0 Å². The fourth-order valence-electron chi connectivity index (χ4n) is 4.70. The second-order valence-corrected chi connectivity index (χ2v) is 13.3. The van der Waals surface area contributed by atoms with E-state index in [1.807, 2.05) is 79.7 Å². The number of carbonyl (C=O) groups excluding carboxylic acids is 1. The summed E-state index contributed by atoms with van der Waals surface area (Å²) in [7, 11) is -2.71. The molecule has 5 nitrogen and oxygen atoms in total. The molecule has 5 rings (SSSR count). The van der Waals surface area contributed by atoms with Crippen molar-refractivity contribution in [1.29, 1.82) is 0 Å². The first kappa shape index (κ1) is 30.7. The maximum absolute atomic E-state index is 13.6. The fourth-order valence-corrected chi connectivity index (χ4v) is 8.34. The van der Waals surface area contributed by atoms with Crippen molar-refractivity contribution < 1.29 is 9.53 Å². The summed E-state index contributed by atoms with van der Waals surface area (Å²) >= 11 is 5.97. The first-order chi connectivity index (χ1) is 21.5. The monoisotopic (exact) mass is 615 g/mol. The number of hydrogen-bond donors (Lipinski definition) is 0. The normalized spacial score (nSPS) is 11.3. The van der Waals surface area contributed by atoms with Crippen LogP contribution in [0.15, 0.2) is 154 Å². The third-order valence-electron chi connectivity index (χ3n) is 6.87. The first-order valence-corrected chi connectivity index (χ1v) is 16.3. The van der Waals surface area contributed by atoms with Gasteiger partial charge in [-0.1, -0.05) is 109 Å². The molecule has 0 radical (unpaired) electrons. The molecule has 0 aliphatic carbocycles. The number of aliphatic imine (C=N–C) groups is 2. The second kappa shape index (κ2) is 14.6. The molecular formula is C37H31ClN3O2P. The molecular weight excluding hydrogens is 585 g/mol. The zero-order chi connectivity index (χ0) is 30.8. The van der Waals surface area contributed by atoms with E-state index in [1.165, 1.54) is 0 Å². The summed E-state index contributed by atoms with van der Waals surface area (Å²) in [5, 5.41) is 3.72. The van der Waals surface area contributed by atoms with Gasteiger partial charge in [0.25, 0.3) is 0 Å². The van der Waals surface area contributed by atoms with E-state index in [1.54, 1.807) is 37.3 Å². The molecule has 5 aromatic carbocycles. The van der Waals surface area contributed by atoms with Crippen LogP contribution < -0.4 is 15.9 Å². The highest BCUT2D eigenvalue weighted by Crippen LogP contribution is 2.48. The molecule has 44 heavy (non-hydrogen) atoms. The standard InChI is InChI=1S/C37H31ClN3O2P/c1-3-43-37(42)36(26-29-25-32(22-19-28(29)2)40-27-39-31-23-20-30(38)21-24-31)41-44(33-13-7-4-8-14-33,34-15-9-5-10-16-34)35-17-11-6-12-18-35/h4-26H,3H2,1-2H3/b36-26-. The minimum absolute atomic E-state index is 0.226. The van der Waals surface area contributed by atoms with Crippen LogP contribution in [0.3, 0.4) is 0 Å². The molecule has 0 aliphatic heterocycles. The molecule has 0 unspecified atom stereocenters. The molecule has 0 fully saturated rings. The summed E-state index contributed by atoms with van der Waals surface area (Å²) in [5.41, 5.74) is 3.31. The highest BCUT2D eigenvalue weighted by atomic mass is 35.5. The maximum Gasteiger partial charge on any atom is 0.356 e. The number of ether oxygens (including phenoxy) is 1. The molecule has 0 aliphatic rings. The molecule has 7 heteroatoms. The Kier molecular flexibility index (Phi) is 10.2. The van der Waals surface area contributed by atoms with Crippen LogP contribution in [0.5, 0.6) is 0 Å². The minimum atomic E-state index is -2.71. The number of esters is 1. The Morgan fingerprint density at radius 1 is 0.750 bits per heavy atom. The van der Waals surface area contributed by atoms with Crippen molar-refractivity contribution >= 4 is 64.0 Å². The van der Waals surface area contributed by atoms with E-state index in [2.05, 4.69) is 52.4 Å². The number of halogens is 1. The number of rotatable bonds is 9. The third-order valence-corrected chi connectivity index (χ3v) is 10.8. The van der Waals surface area contributed by atoms with Crippen LogP contribution in [0, 0.1) is 6.92 Å². The lowest BCUT2D eigenvalue weighted by atomic mass is 10.1. The van der Waals surface area contributed by atoms with Crippen LogP contribution in [0.1, 0.15) is 18.1 Å². The van der Waals surface area contributed by atoms with E-state index in [0.717, 1.165) is 27.0 Å². The van der Waals surface area contributed by atoms with Gasteiger partial charge < -0.3 is 4.74 Å². The molecule has 5 aromatic rings. The van der Waals surface area contributed by atoms with Crippen LogP contribution >= 0.6 is 18.7 Å². The summed E-state index contributed by atoms with van der Waals surface area (Å²) in [6.45, 7) is 4.01. The van der Waals surface area contributed by atoms with E-state index in [0.29, 0.717) is 16.4 Å². The van der Waals surface area contributed by atoms with Crippen molar-refractivity contribution in [2.45, 2.75) is 13.8 Å². The lowest BCUT2D eigenvalue weighted by Gasteiger charge is -2.27. The predicted molar refractivity (Wildman–Crippen MR) is 184 cm³/mol. The Bertz CT molecular complexity index is 1780. The van der Waals surface area contributed by atoms with Crippen LogP contribution in [0.4, 0.5) is 11.4 Å². The maximum atomic E-state index is 13.6. The van der Waals surface area contributed by atoms with E-state index in [9.17, 15) is 4.79 Å². The first-order valence-electron chi connectivity index (χ1n) is 14.2. The molecule has 218 valence electrons. The van der Waals surface area contributed by atoms with Gasteiger partial charge in [-0.15, -0.1) is 0 Å². The summed E-state index contributed by atoms with van der Waals surface area (Å²) < 4.78 is 11.0. The predicted octanol–water partition coefficient (Wildman–Crippen LogP) is 8.87. The van der Waals surface area contributed by atoms with Crippen molar-refractivity contribution in [2.24, 2.45) is 14.7 Å². The largest absolute Gasteiger partial charge is 0.461 e. The van der Waals surface area contributed by atoms with Crippen LogP contribution in [-0.4, -0.2) is 18.6 Å². The number of hydrogen-bond acceptors (Lipinski definition) is 5. The van der Waals surface area contributed by atoms with Gasteiger partial charge in [0.15, 0.2) is 0 Å². The highest BCUT2D eigenvalue weighted by Gasteiger charge is 2.29. The van der Waals surface area contributed by atoms with Crippen molar-refractivity contribution in [1.82, 2.24) is 0 Å². The van der Waals surface area contributed by atoms with Gasteiger partial charge in [-0.2, -0.15) is 9.98 Å². The van der Waals surface area contributed by atoms with Gasteiger partial charge in [-0.3, -0.25) is 0 Å². The second-order valence-electron chi connectivity index (χ2n) is 9.83. The van der Waals surface area contributed by atoms with E-state index < -0.39 is 13.0 Å². The number of benzene rings is 5. The van der Waals surface area contributed by atoms with E-state index in [4.69, 9.17) is 21.1 Å². The molecule has 0 atom stereocenters. The summed E-state index contributed by atoms with van der Waals surface area (Å²) in [6, 6.07) is 46.1. The number of carbonyl (C=O) groups is 1. The third kappa shape index (κ3) is 7.22. The topological polar surface area (TPSA) is 63.4 Å². The fraction of sp³-hybridized carbons (Fsp3) is 0.0811. The molecule has 0 N–H and O–H groups in total. The Morgan fingerprint density at radius 3 is 1.77 bits per heavy atom. The molecule has 0 aromatic heterocycles. The van der Waals surface area contributed by atoms with Gasteiger partial charge in [0.1, 0.15) is 11.7 Å². The average Bonchev–Trinajstić information content (AvgIpc) is 3.06. The minimum Gasteiger partial charge on any atom is -0.461 e. The zero-order valence-electron chi connectivity index (χ0n) is 24.5. The quantitative estimate of drug-likeness (QED) is 0.0719. The van der Waals surface area contributed by atoms with Gasteiger partial charge >= 0.3 is 5.97 Å². The van der Waals surface area contributed by atoms with Crippen molar-refractivity contribution in [2.75, 3.05) is 6.61 Å². The number of nitrogens with zero attached hydrogens (tertiary/aromatic N) is 3. The summed E-state index contributed by atoms with van der Waals surface area (Å²) in [6.07, 6.45) is 1.80. The lowest BCUT2D eigenvalue weighted by Crippen LogP contribution is -2.26. The van der Waals surface area contributed by atoms with Gasteiger partial charge in [0.05, 0.1) is 25.0 Å². The van der Waals surface area contributed by atoms with Crippen LogP contribution in [0.25, 0.3) is 6.08 Å². The van der Waals surface area contributed by atoms with E-state index in [-0.39, 0.29) is 12.3 Å². The van der Waals surface area contributed by atoms with Crippen molar-refractivity contribution in [3.8, 4) is 0 Å². The SMILES string of the molecule is CCOC(=O)/C(=C/c1cc(N=C=Nc2ccc(Cl)cc2)ccc1C)N=P(c1ccccc1)(c1ccccc1)c1ccccc1. The van der Waals surface area contributed by atoms with Gasteiger partial charge in [0, 0.05) is 20.9 Å². The zero-order valence-corrected chi connectivity index (χ0v) is 26.1. The Morgan fingerprint density at radius 2 is 1.25 bits per heavy atom. The lowest BCUT2D eigenvalue weighted by molar-refractivity contribution is -0.138. The highest BCUT2D eigenvalue weighted by molar-refractivity contribution is 7.87. The van der Waals surface area contributed by atoms with Gasteiger partial charge in [-0.25, -0.2) is 9.54 Å². The molecule has 0 saturated carbocycles. The Balaban J connectivity index is 1.72. The molecule has 0 heterocycles. The number of aryl methyl sites for hydroxylation is 1. The Labute approximate surface area is 263 Å². The molecule has 0 saturated heterocycles. The summed E-state index contributed by atoms with van der Waals surface area (Å²) in [4.78, 5) is 22.3. The average molecular weight is 616 g/mol. The van der Waals surface area contributed by atoms with Crippen molar-refractivity contribution in [3.05, 3.63) is 155 Å². The van der Waals surface area contributed by atoms with Crippen molar-refractivity contribution in [3.63, 3.8) is 0 Å². The smallest absolute Gasteiger partial charge is 0.356 e. The van der Waals surface area contributed by atoms with Crippen LogP contribution in [-0.2, 0) is 9.53 Å². The summed E-state index contributed by atoms with van der Waals surface area (Å²) in [5.74, 6) is -0.489. The van der Waals surface area contributed by atoms with Gasteiger partial charge in [0.2, 0.25) is 0 Å². The molecule has 0 bridgehead atoms. The Hall–Kier alpha value is -4.79. The van der Waals surface area contributed by atoms with Gasteiger partial charge in [-0.05, 0) is 67.4 Å². The van der Waals surface area contributed by atoms with Crippen LogP contribution in [0.2, 0.25) is 5.02 Å². The molecule has 0 amide bonds. The molecule has 0 spiro atoms.